The van der Waals surface area contributed by atoms with Gasteiger partial charge in [-0.1, -0.05) is 32.0 Å². The summed E-state index contributed by atoms with van der Waals surface area (Å²) in [6, 6.07) is 7.92. The summed E-state index contributed by atoms with van der Waals surface area (Å²) in [5.41, 5.74) is 7.95. The SMILES string of the molecule is Cc1[nH]c2ccccc2c1C(=O)C(C)(C)CCN. The number of hydrogen-bond acceptors (Lipinski definition) is 2. The van der Waals surface area contributed by atoms with Crippen molar-refractivity contribution in [2.45, 2.75) is 27.2 Å². The molecule has 0 aliphatic rings. The number of H-pyrrole nitrogens is 1. The van der Waals surface area contributed by atoms with Gasteiger partial charge in [0.05, 0.1) is 0 Å². The normalized spacial score (nSPS) is 12.0. The molecule has 0 spiro atoms. The Morgan fingerprint density at radius 3 is 2.67 bits per heavy atom. The second-order valence-corrected chi connectivity index (χ2v) is 5.42. The third-order valence-corrected chi connectivity index (χ3v) is 3.50. The van der Waals surface area contributed by atoms with Crippen LogP contribution in [0.4, 0.5) is 0 Å². The van der Waals surface area contributed by atoms with Gasteiger partial charge in [0, 0.05) is 27.6 Å². The van der Waals surface area contributed by atoms with E-state index in [1.54, 1.807) is 0 Å². The number of carbonyl (C=O) groups is 1. The van der Waals surface area contributed by atoms with E-state index in [1.165, 1.54) is 0 Å². The van der Waals surface area contributed by atoms with E-state index in [-0.39, 0.29) is 5.78 Å². The topological polar surface area (TPSA) is 58.9 Å². The number of aromatic nitrogens is 1. The molecular formula is C15H20N2O. The van der Waals surface area contributed by atoms with Crippen LogP contribution in [0.5, 0.6) is 0 Å². The van der Waals surface area contributed by atoms with Crippen LogP contribution < -0.4 is 5.73 Å². The van der Waals surface area contributed by atoms with E-state index in [4.69, 9.17) is 5.73 Å². The summed E-state index contributed by atoms with van der Waals surface area (Å²) < 4.78 is 0. The summed E-state index contributed by atoms with van der Waals surface area (Å²) in [6.07, 6.45) is 0.699. The van der Waals surface area contributed by atoms with Gasteiger partial charge in [0.25, 0.3) is 0 Å². The fraction of sp³-hybridized carbons (Fsp3) is 0.400. The van der Waals surface area contributed by atoms with Gasteiger partial charge < -0.3 is 10.7 Å². The quantitative estimate of drug-likeness (QED) is 0.812. The molecule has 0 radical (unpaired) electrons. The van der Waals surface area contributed by atoms with Crippen LogP contribution in [0.2, 0.25) is 0 Å². The van der Waals surface area contributed by atoms with Crippen molar-refractivity contribution in [2.75, 3.05) is 6.54 Å². The number of rotatable bonds is 4. The van der Waals surface area contributed by atoms with Crippen LogP contribution in [0.25, 0.3) is 10.9 Å². The lowest BCUT2D eigenvalue weighted by Gasteiger charge is -2.22. The van der Waals surface area contributed by atoms with Crippen molar-refractivity contribution in [1.29, 1.82) is 0 Å². The maximum Gasteiger partial charge on any atom is 0.170 e. The number of aromatic amines is 1. The highest BCUT2D eigenvalue weighted by atomic mass is 16.1. The van der Waals surface area contributed by atoms with E-state index in [1.807, 2.05) is 45.0 Å². The van der Waals surface area contributed by atoms with Crippen LogP contribution >= 0.6 is 0 Å². The maximum absolute atomic E-state index is 12.7. The first-order chi connectivity index (χ1) is 8.47. The van der Waals surface area contributed by atoms with Crippen LogP contribution in [0.1, 0.15) is 36.3 Å². The highest BCUT2D eigenvalue weighted by Gasteiger charge is 2.30. The fourth-order valence-corrected chi connectivity index (χ4v) is 2.38. The fourth-order valence-electron chi connectivity index (χ4n) is 2.38. The molecule has 0 bridgehead atoms. The molecule has 0 unspecified atom stereocenters. The lowest BCUT2D eigenvalue weighted by molar-refractivity contribution is 0.0830. The number of aryl methyl sites for hydroxylation is 1. The molecule has 3 nitrogen and oxygen atoms in total. The van der Waals surface area contributed by atoms with Gasteiger partial charge in [-0.05, 0) is 26.0 Å². The lowest BCUT2D eigenvalue weighted by Crippen LogP contribution is -2.27. The molecule has 96 valence electrons. The lowest BCUT2D eigenvalue weighted by atomic mass is 9.80. The smallest absolute Gasteiger partial charge is 0.170 e. The molecule has 1 aromatic heterocycles. The molecular weight excluding hydrogens is 224 g/mol. The zero-order valence-electron chi connectivity index (χ0n) is 11.2. The number of nitrogens with one attached hydrogen (secondary N) is 1. The number of Topliss-reactive ketones (excluding diaryl/α,β-unsaturated/α-hetero) is 1. The largest absolute Gasteiger partial charge is 0.358 e. The van der Waals surface area contributed by atoms with Crippen LogP contribution in [0, 0.1) is 12.3 Å². The molecule has 2 aromatic rings. The number of benzene rings is 1. The monoisotopic (exact) mass is 244 g/mol. The highest BCUT2D eigenvalue weighted by Crippen LogP contribution is 2.31. The molecule has 3 heteroatoms. The Kier molecular flexibility index (Phi) is 3.26. The van der Waals surface area contributed by atoms with Crippen molar-refractivity contribution in [1.82, 2.24) is 4.98 Å². The van der Waals surface area contributed by atoms with Crippen molar-refractivity contribution in [3.63, 3.8) is 0 Å². The van der Waals surface area contributed by atoms with E-state index in [0.29, 0.717) is 13.0 Å². The summed E-state index contributed by atoms with van der Waals surface area (Å²) in [4.78, 5) is 15.9. The van der Waals surface area contributed by atoms with Crippen molar-refractivity contribution in [3.05, 3.63) is 35.5 Å². The molecule has 0 aliphatic heterocycles. The second-order valence-electron chi connectivity index (χ2n) is 5.42. The Morgan fingerprint density at radius 1 is 1.33 bits per heavy atom. The summed E-state index contributed by atoms with van der Waals surface area (Å²) in [6.45, 7) is 6.40. The van der Waals surface area contributed by atoms with Gasteiger partial charge in [0.1, 0.15) is 0 Å². The summed E-state index contributed by atoms with van der Waals surface area (Å²) >= 11 is 0. The first-order valence-corrected chi connectivity index (χ1v) is 6.29. The summed E-state index contributed by atoms with van der Waals surface area (Å²) in [5, 5.41) is 1.00. The zero-order chi connectivity index (χ0) is 13.3. The van der Waals surface area contributed by atoms with Crippen LogP contribution in [0.15, 0.2) is 24.3 Å². The first-order valence-electron chi connectivity index (χ1n) is 6.29. The van der Waals surface area contributed by atoms with Crippen LogP contribution in [0.3, 0.4) is 0 Å². The minimum atomic E-state index is -0.412. The van der Waals surface area contributed by atoms with Crippen molar-refractivity contribution in [2.24, 2.45) is 11.1 Å². The number of carbonyl (C=O) groups excluding carboxylic acids is 1. The molecule has 1 aromatic carbocycles. The Labute approximate surface area is 107 Å². The number of hydrogen-bond donors (Lipinski definition) is 2. The van der Waals surface area contributed by atoms with E-state index in [2.05, 4.69) is 4.98 Å². The molecule has 0 fully saturated rings. The molecule has 0 aliphatic carbocycles. The summed E-state index contributed by atoms with van der Waals surface area (Å²) in [5.74, 6) is 0.169. The van der Waals surface area contributed by atoms with Gasteiger partial charge in [-0.2, -0.15) is 0 Å². The standard InChI is InChI=1S/C15H20N2O/c1-10-13(14(18)15(2,3)8-9-16)11-6-4-5-7-12(11)17-10/h4-7,17H,8-9,16H2,1-3H3. The van der Waals surface area contributed by atoms with Crippen molar-refractivity contribution < 1.29 is 4.79 Å². The number of nitrogens with two attached hydrogens (primary N) is 1. The third-order valence-electron chi connectivity index (χ3n) is 3.50. The minimum Gasteiger partial charge on any atom is -0.358 e. The predicted octanol–water partition coefficient (Wildman–Crippen LogP) is 3.03. The van der Waals surface area contributed by atoms with Gasteiger partial charge in [-0.3, -0.25) is 4.79 Å². The predicted molar refractivity (Wildman–Crippen MR) is 74.8 cm³/mol. The van der Waals surface area contributed by atoms with Gasteiger partial charge >= 0.3 is 0 Å². The third kappa shape index (κ3) is 2.06. The molecule has 3 N–H and O–H groups in total. The molecule has 0 saturated carbocycles. The van der Waals surface area contributed by atoms with Crippen molar-refractivity contribution in [3.8, 4) is 0 Å². The Balaban J connectivity index is 2.54. The van der Waals surface area contributed by atoms with E-state index >= 15 is 0 Å². The first kappa shape index (κ1) is 12.8. The molecule has 0 amide bonds. The highest BCUT2D eigenvalue weighted by molar-refractivity contribution is 6.11. The second kappa shape index (κ2) is 4.58. The van der Waals surface area contributed by atoms with Crippen LogP contribution in [-0.2, 0) is 0 Å². The van der Waals surface area contributed by atoms with Gasteiger partial charge in [-0.15, -0.1) is 0 Å². The molecule has 0 atom stereocenters. The zero-order valence-corrected chi connectivity index (χ0v) is 11.2. The number of fused-ring (bicyclic) bond motifs is 1. The van der Waals surface area contributed by atoms with E-state index in [9.17, 15) is 4.79 Å². The van der Waals surface area contributed by atoms with Crippen molar-refractivity contribution >= 4 is 16.7 Å². The Morgan fingerprint density at radius 2 is 2.00 bits per heavy atom. The average Bonchev–Trinajstić information content (AvgIpc) is 2.63. The number of para-hydroxylation sites is 1. The summed E-state index contributed by atoms with van der Waals surface area (Å²) in [7, 11) is 0. The van der Waals surface area contributed by atoms with E-state index in [0.717, 1.165) is 22.2 Å². The van der Waals surface area contributed by atoms with E-state index < -0.39 is 5.41 Å². The Bertz CT molecular complexity index is 581. The van der Waals surface area contributed by atoms with Gasteiger partial charge in [0.15, 0.2) is 5.78 Å². The molecule has 1 heterocycles. The maximum atomic E-state index is 12.7. The molecule has 0 saturated heterocycles. The Hall–Kier alpha value is -1.61. The number of ketones is 1. The van der Waals surface area contributed by atoms with Gasteiger partial charge in [-0.25, -0.2) is 0 Å². The van der Waals surface area contributed by atoms with Gasteiger partial charge in [0.2, 0.25) is 0 Å². The molecule has 2 rings (SSSR count). The average molecular weight is 244 g/mol. The molecule has 18 heavy (non-hydrogen) atoms. The minimum absolute atomic E-state index is 0.169. The van der Waals surface area contributed by atoms with Crippen LogP contribution in [-0.4, -0.2) is 17.3 Å².